The van der Waals surface area contributed by atoms with E-state index in [1.807, 2.05) is 36.4 Å². The number of nitro groups is 1. The van der Waals surface area contributed by atoms with Crippen molar-refractivity contribution in [3.63, 3.8) is 0 Å². The molecule has 0 atom stereocenters. The monoisotopic (exact) mass is 304 g/mol. The second-order valence-corrected chi connectivity index (χ2v) is 5.16. The molecule has 4 aromatic rings. The van der Waals surface area contributed by atoms with Gasteiger partial charge in [0.2, 0.25) is 0 Å². The number of hydrogen-bond acceptors (Lipinski definition) is 4. The first kappa shape index (κ1) is 13.3. The molecule has 112 valence electrons. The molecule has 0 spiro atoms. The molecule has 2 N–H and O–H groups in total. The molecule has 2 aromatic heterocycles. The van der Waals surface area contributed by atoms with Crippen molar-refractivity contribution < 1.29 is 4.92 Å². The van der Waals surface area contributed by atoms with E-state index < -0.39 is 4.92 Å². The molecule has 0 radical (unpaired) electrons. The molecule has 0 aliphatic carbocycles. The molecule has 2 heterocycles. The van der Waals surface area contributed by atoms with Crippen LogP contribution in [-0.4, -0.2) is 14.9 Å². The maximum Gasteiger partial charge on any atom is 0.292 e. The molecule has 6 heteroatoms. The summed E-state index contributed by atoms with van der Waals surface area (Å²) >= 11 is 0. The van der Waals surface area contributed by atoms with Crippen LogP contribution in [0.1, 0.15) is 0 Å². The minimum Gasteiger partial charge on any atom is -0.339 e. The maximum atomic E-state index is 11.1. The molecule has 2 aromatic carbocycles. The van der Waals surface area contributed by atoms with Gasteiger partial charge in [-0.25, -0.2) is 4.98 Å². The van der Waals surface area contributed by atoms with Crippen molar-refractivity contribution in [2.75, 3.05) is 5.32 Å². The van der Waals surface area contributed by atoms with Gasteiger partial charge in [0.15, 0.2) is 0 Å². The van der Waals surface area contributed by atoms with Crippen LogP contribution in [0.5, 0.6) is 0 Å². The van der Waals surface area contributed by atoms with Gasteiger partial charge in [-0.1, -0.05) is 30.3 Å². The molecule has 0 fully saturated rings. The van der Waals surface area contributed by atoms with Crippen LogP contribution >= 0.6 is 0 Å². The van der Waals surface area contributed by atoms with Gasteiger partial charge in [0.1, 0.15) is 17.2 Å². The molecule has 6 nitrogen and oxygen atoms in total. The lowest BCUT2D eigenvalue weighted by molar-refractivity contribution is -0.383. The Morgan fingerprint density at radius 2 is 1.74 bits per heavy atom. The molecule has 0 aliphatic rings. The van der Waals surface area contributed by atoms with Gasteiger partial charge in [-0.3, -0.25) is 10.1 Å². The highest BCUT2D eigenvalue weighted by Crippen LogP contribution is 2.29. The first-order valence-electron chi connectivity index (χ1n) is 7.10. The number of anilines is 2. The SMILES string of the molecule is O=[N+]([O-])c1ccccc1Nc1ccc2c(n1)[nH]c1ccccc12. The third-order valence-corrected chi connectivity index (χ3v) is 3.73. The van der Waals surface area contributed by atoms with Crippen LogP contribution in [0.2, 0.25) is 0 Å². The lowest BCUT2D eigenvalue weighted by Crippen LogP contribution is -1.98. The number of aromatic nitrogens is 2. The third kappa shape index (κ3) is 2.26. The Morgan fingerprint density at radius 1 is 0.957 bits per heavy atom. The van der Waals surface area contributed by atoms with Gasteiger partial charge in [0.05, 0.1) is 4.92 Å². The Hall–Kier alpha value is -3.41. The van der Waals surface area contributed by atoms with Crippen molar-refractivity contribution in [2.45, 2.75) is 0 Å². The average Bonchev–Trinajstić information content (AvgIpc) is 2.93. The molecule has 0 unspecified atom stereocenters. The Labute approximate surface area is 130 Å². The van der Waals surface area contributed by atoms with Gasteiger partial charge < -0.3 is 10.3 Å². The fourth-order valence-electron chi connectivity index (χ4n) is 2.67. The van der Waals surface area contributed by atoms with Gasteiger partial charge >= 0.3 is 0 Å². The van der Waals surface area contributed by atoms with Crippen molar-refractivity contribution in [3.05, 3.63) is 70.8 Å². The quantitative estimate of drug-likeness (QED) is 0.435. The van der Waals surface area contributed by atoms with Crippen molar-refractivity contribution in [2.24, 2.45) is 0 Å². The first-order valence-corrected chi connectivity index (χ1v) is 7.10. The van der Waals surface area contributed by atoms with Crippen LogP contribution in [0.4, 0.5) is 17.2 Å². The van der Waals surface area contributed by atoms with E-state index in [0.29, 0.717) is 11.5 Å². The summed E-state index contributed by atoms with van der Waals surface area (Å²) in [5.41, 5.74) is 2.19. The number of fused-ring (bicyclic) bond motifs is 3. The van der Waals surface area contributed by atoms with Crippen LogP contribution in [0.15, 0.2) is 60.7 Å². The Kier molecular flexibility index (Phi) is 2.94. The first-order chi connectivity index (χ1) is 11.2. The summed E-state index contributed by atoms with van der Waals surface area (Å²) in [7, 11) is 0. The molecule has 0 saturated heterocycles. The van der Waals surface area contributed by atoms with E-state index in [4.69, 9.17) is 0 Å². The Bertz CT molecular complexity index is 1040. The van der Waals surface area contributed by atoms with Crippen molar-refractivity contribution in [1.82, 2.24) is 9.97 Å². The second-order valence-electron chi connectivity index (χ2n) is 5.16. The molecule has 23 heavy (non-hydrogen) atoms. The summed E-state index contributed by atoms with van der Waals surface area (Å²) in [4.78, 5) is 18.4. The highest BCUT2D eigenvalue weighted by atomic mass is 16.6. The fraction of sp³-hybridized carbons (Fsp3) is 0. The van der Waals surface area contributed by atoms with E-state index in [0.717, 1.165) is 21.9 Å². The zero-order valence-corrected chi connectivity index (χ0v) is 12.0. The highest BCUT2D eigenvalue weighted by molar-refractivity contribution is 6.06. The van der Waals surface area contributed by atoms with E-state index in [-0.39, 0.29) is 5.69 Å². The highest BCUT2D eigenvalue weighted by Gasteiger charge is 2.13. The van der Waals surface area contributed by atoms with Crippen molar-refractivity contribution in [1.29, 1.82) is 0 Å². The molecule has 0 saturated carbocycles. The minimum absolute atomic E-state index is 0.0195. The summed E-state index contributed by atoms with van der Waals surface area (Å²) in [6.45, 7) is 0. The molecule has 4 rings (SSSR count). The van der Waals surface area contributed by atoms with Crippen molar-refractivity contribution in [3.8, 4) is 0 Å². The summed E-state index contributed by atoms with van der Waals surface area (Å²) in [5.74, 6) is 0.554. The van der Waals surface area contributed by atoms with Crippen LogP contribution in [0, 0.1) is 10.1 Å². The number of nitrogens with one attached hydrogen (secondary N) is 2. The number of nitrogens with zero attached hydrogens (tertiary/aromatic N) is 2. The number of H-pyrrole nitrogens is 1. The minimum atomic E-state index is -0.413. The van der Waals surface area contributed by atoms with Gasteiger partial charge in [-0.05, 0) is 24.3 Å². The normalized spacial score (nSPS) is 11.0. The van der Waals surface area contributed by atoms with Crippen LogP contribution in [0.3, 0.4) is 0 Å². The van der Waals surface area contributed by atoms with E-state index in [1.165, 1.54) is 6.07 Å². The topological polar surface area (TPSA) is 83.8 Å². The largest absolute Gasteiger partial charge is 0.339 e. The fourth-order valence-corrected chi connectivity index (χ4v) is 2.67. The number of hydrogen-bond donors (Lipinski definition) is 2. The zero-order chi connectivity index (χ0) is 15.8. The van der Waals surface area contributed by atoms with Gasteiger partial charge in [-0.2, -0.15) is 0 Å². The molecular formula is C17H12N4O2. The number of para-hydroxylation sites is 3. The number of pyridine rings is 1. The molecule has 0 bridgehead atoms. The van der Waals surface area contributed by atoms with Gasteiger partial charge in [0.25, 0.3) is 5.69 Å². The predicted molar refractivity (Wildman–Crippen MR) is 90.0 cm³/mol. The lowest BCUT2D eigenvalue weighted by atomic mass is 10.2. The molecule has 0 amide bonds. The van der Waals surface area contributed by atoms with Crippen LogP contribution < -0.4 is 5.32 Å². The lowest BCUT2D eigenvalue weighted by Gasteiger charge is -2.06. The summed E-state index contributed by atoms with van der Waals surface area (Å²) in [6.07, 6.45) is 0. The number of benzene rings is 2. The van der Waals surface area contributed by atoms with Gasteiger partial charge in [0, 0.05) is 22.4 Å². The number of nitro benzene ring substituents is 1. The Balaban J connectivity index is 1.78. The van der Waals surface area contributed by atoms with E-state index in [2.05, 4.69) is 15.3 Å². The van der Waals surface area contributed by atoms with E-state index in [9.17, 15) is 10.1 Å². The molecular weight excluding hydrogens is 292 g/mol. The van der Waals surface area contributed by atoms with Crippen LogP contribution in [-0.2, 0) is 0 Å². The van der Waals surface area contributed by atoms with Crippen molar-refractivity contribution >= 4 is 39.1 Å². The second kappa shape index (κ2) is 5.10. The summed E-state index contributed by atoms with van der Waals surface area (Å²) < 4.78 is 0. The Morgan fingerprint density at radius 3 is 2.61 bits per heavy atom. The summed E-state index contributed by atoms with van der Waals surface area (Å²) in [6, 6.07) is 18.3. The van der Waals surface area contributed by atoms with E-state index >= 15 is 0 Å². The van der Waals surface area contributed by atoms with Crippen LogP contribution in [0.25, 0.3) is 21.9 Å². The molecule has 0 aliphatic heterocycles. The predicted octanol–water partition coefficient (Wildman–Crippen LogP) is 4.37. The average molecular weight is 304 g/mol. The number of aromatic amines is 1. The third-order valence-electron chi connectivity index (χ3n) is 3.73. The maximum absolute atomic E-state index is 11.1. The standard InChI is InChI=1S/C17H12N4O2/c22-21(23)15-8-4-3-7-14(15)18-16-10-9-12-11-5-1-2-6-13(11)19-17(12)20-16/h1-10H,(H2,18,19,20). The van der Waals surface area contributed by atoms with E-state index in [1.54, 1.807) is 18.2 Å². The smallest absolute Gasteiger partial charge is 0.292 e. The number of rotatable bonds is 3. The van der Waals surface area contributed by atoms with Gasteiger partial charge in [-0.15, -0.1) is 0 Å². The summed E-state index contributed by atoms with van der Waals surface area (Å²) in [5, 5.41) is 16.2. The zero-order valence-electron chi connectivity index (χ0n) is 12.0.